The number of halogens is 1. The second kappa shape index (κ2) is 8.67. The summed E-state index contributed by atoms with van der Waals surface area (Å²) in [6, 6.07) is 13.6. The van der Waals surface area contributed by atoms with Gasteiger partial charge in [-0.3, -0.25) is 10.1 Å². The SMILES string of the molecule is O=C(Nc1ncn(Cc2ccccc2F)n1)c1cc(COc2ccc3c(c2)OCO3)cs1. The van der Waals surface area contributed by atoms with Gasteiger partial charge in [0, 0.05) is 17.2 Å². The van der Waals surface area contributed by atoms with Crippen molar-refractivity contribution in [2.75, 3.05) is 12.1 Å². The van der Waals surface area contributed by atoms with Crippen molar-refractivity contribution >= 4 is 23.2 Å². The van der Waals surface area contributed by atoms with Crippen LogP contribution >= 0.6 is 11.3 Å². The summed E-state index contributed by atoms with van der Waals surface area (Å²) in [5.74, 6) is 1.50. The van der Waals surface area contributed by atoms with Crippen LogP contribution in [0.5, 0.6) is 17.2 Å². The number of benzene rings is 2. The molecule has 162 valence electrons. The molecule has 32 heavy (non-hydrogen) atoms. The summed E-state index contributed by atoms with van der Waals surface area (Å²) in [6.07, 6.45) is 1.45. The van der Waals surface area contributed by atoms with Gasteiger partial charge in [0.1, 0.15) is 24.5 Å². The summed E-state index contributed by atoms with van der Waals surface area (Å²) in [7, 11) is 0. The molecule has 0 fully saturated rings. The first-order valence-electron chi connectivity index (χ1n) is 9.68. The van der Waals surface area contributed by atoms with Gasteiger partial charge in [-0.05, 0) is 29.6 Å². The van der Waals surface area contributed by atoms with E-state index in [2.05, 4.69) is 15.4 Å². The first-order valence-corrected chi connectivity index (χ1v) is 10.6. The molecule has 0 saturated carbocycles. The van der Waals surface area contributed by atoms with Crippen LogP contribution in [0.1, 0.15) is 20.8 Å². The molecule has 5 rings (SSSR count). The standard InChI is InChI=1S/C22H17FN4O4S/c23-17-4-2-1-3-15(17)9-27-12-24-22(26-27)25-21(28)20-7-14(11-32-20)10-29-16-5-6-18-19(8-16)31-13-30-18/h1-8,11-12H,9-10,13H2,(H,25,26,28). The number of hydrogen-bond donors (Lipinski definition) is 1. The van der Waals surface area contributed by atoms with Crippen LogP contribution in [-0.2, 0) is 13.2 Å². The number of rotatable bonds is 7. The van der Waals surface area contributed by atoms with Crippen molar-refractivity contribution in [1.82, 2.24) is 14.8 Å². The largest absolute Gasteiger partial charge is 0.489 e. The Morgan fingerprint density at radius 2 is 2.06 bits per heavy atom. The lowest BCUT2D eigenvalue weighted by molar-refractivity contribution is 0.102. The number of carbonyl (C=O) groups excluding carboxylic acids is 1. The van der Waals surface area contributed by atoms with Crippen LogP contribution in [0.3, 0.4) is 0 Å². The number of carbonyl (C=O) groups is 1. The van der Waals surface area contributed by atoms with Crippen molar-refractivity contribution in [3.63, 3.8) is 0 Å². The van der Waals surface area contributed by atoms with Crippen LogP contribution in [0.4, 0.5) is 10.3 Å². The second-order valence-corrected chi connectivity index (χ2v) is 7.85. The number of ether oxygens (including phenoxy) is 3. The van der Waals surface area contributed by atoms with Gasteiger partial charge < -0.3 is 14.2 Å². The Labute approximate surface area is 186 Å². The van der Waals surface area contributed by atoms with E-state index < -0.39 is 0 Å². The molecule has 2 aromatic carbocycles. The van der Waals surface area contributed by atoms with Gasteiger partial charge in [-0.2, -0.15) is 0 Å². The lowest BCUT2D eigenvalue weighted by Gasteiger charge is -2.05. The van der Waals surface area contributed by atoms with Crippen molar-refractivity contribution in [3.05, 3.63) is 82.1 Å². The molecule has 4 aromatic rings. The molecule has 1 aliphatic heterocycles. The molecule has 0 aliphatic carbocycles. The minimum absolute atomic E-state index is 0.151. The number of amides is 1. The zero-order chi connectivity index (χ0) is 21.9. The van der Waals surface area contributed by atoms with Gasteiger partial charge in [-0.1, -0.05) is 18.2 Å². The first-order chi connectivity index (χ1) is 15.6. The van der Waals surface area contributed by atoms with E-state index in [-0.39, 0.29) is 31.0 Å². The minimum atomic E-state index is -0.326. The monoisotopic (exact) mass is 452 g/mol. The molecular weight excluding hydrogens is 435 g/mol. The van der Waals surface area contributed by atoms with Gasteiger partial charge in [-0.25, -0.2) is 14.1 Å². The van der Waals surface area contributed by atoms with E-state index in [4.69, 9.17) is 14.2 Å². The third-order valence-corrected chi connectivity index (χ3v) is 5.66. The summed E-state index contributed by atoms with van der Waals surface area (Å²) < 4.78 is 31.7. The number of thiophene rings is 1. The summed E-state index contributed by atoms with van der Waals surface area (Å²) >= 11 is 1.29. The maximum Gasteiger partial charge on any atom is 0.268 e. The van der Waals surface area contributed by atoms with Crippen molar-refractivity contribution in [3.8, 4) is 17.2 Å². The van der Waals surface area contributed by atoms with Gasteiger partial charge in [0.05, 0.1) is 11.4 Å². The highest BCUT2D eigenvalue weighted by Gasteiger charge is 2.15. The van der Waals surface area contributed by atoms with Crippen LogP contribution in [-0.4, -0.2) is 27.5 Å². The van der Waals surface area contributed by atoms with E-state index in [1.807, 2.05) is 5.38 Å². The fourth-order valence-corrected chi connectivity index (χ4v) is 3.89. The molecule has 0 bridgehead atoms. The fourth-order valence-electron chi connectivity index (χ4n) is 3.10. The van der Waals surface area contributed by atoms with Crippen LogP contribution in [0.15, 0.2) is 60.2 Å². The van der Waals surface area contributed by atoms with Crippen LogP contribution in [0.2, 0.25) is 0 Å². The van der Waals surface area contributed by atoms with Crippen LogP contribution < -0.4 is 19.5 Å². The highest BCUT2D eigenvalue weighted by molar-refractivity contribution is 7.12. The maximum absolute atomic E-state index is 13.8. The van der Waals surface area contributed by atoms with Crippen molar-refractivity contribution < 1.29 is 23.4 Å². The molecule has 8 nitrogen and oxygen atoms in total. The van der Waals surface area contributed by atoms with E-state index in [0.29, 0.717) is 34.3 Å². The zero-order valence-corrected chi connectivity index (χ0v) is 17.5. The molecular formula is C22H17FN4O4S. The Hall–Kier alpha value is -3.92. The molecule has 0 spiro atoms. The number of nitrogens with zero attached hydrogens (tertiary/aromatic N) is 3. The van der Waals surface area contributed by atoms with Crippen molar-refractivity contribution in [1.29, 1.82) is 0 Å². The number of anilines is 1. The van der Waals surface area contributed by atoms with Crippen molar-refractivity contribution in [2.45, 2.75) is 13.2 Å². The quantitative estimate of drug-likeness (QED) is 0.455. The molecule has 10 heteroatoms. The Bertz CT molecular complexity index is 1270. The van der Waals surface area contributed by atoms with E-state index in [1.54, 1.807) is 42.5 Å². The first kappa shape index (κ1) is 20.0. The molecule has 1 aliphatic rings. The third-order valence-electron chi connectivity index (χ3n) is 4.68. The normalized spacial score (nSPS) is 12.0. The summed E-state index contributed by atoms with van der Waals surface area (Å²) in [5.41, 5.74) is 1.34. The fraction of sp³-hybridized carbons (Fsp3) is 0.136. The second-order valence-electron chi connectivity index (χ2n) is 6.93. The molecule has 0 saturated heterocycles. The Morgan fingerprint density at radius 3 is 2.97 bits per heavy atom. The predicted octanol–water partition coefficient (Wildman–Crippen LogP) is 4.09. The lowest BCUT2D eigenvalue weighted by Crippen LogP contribution is -2.12. The number of nitrogens with one attached hydrogen (secondary N) is 1. The average molecular weight is 452 g/mol. The summed E-state index contributed by atoms with van der Waals surface area (Å²) in [6.45, 7) is 0.729. The van der Waals surface area contributed by atoms with E-state index in [1.165, 1.54) is 28.4 Å². The van der Waals surface area contributed by atoms with Crippen molar-refractivity contribution in [2.24, 2.45) is 0 Å². The van der Waals surface area contributed by atoms with Gasteiger partial charge in [-0.15, -0.1) is 16.4 Å². The smallest absolute Gasteiger partial charge is 0.268 e. The van der Waals surface area contributed by atoms with Crippen LogP contribution in [0, 0.1) is 5.82 Å². The average Bonchev–Trinajstić information content (AvgIpc) is 3.54. The van der Waals surface area contributed by atoms with E-state index in [0.717, 1.165) is 5.56 Å². The van der Waals surface area contributed by atoms with Gasteiger partial charge in [0.15, 0.2) is 11.5 Å². The number of aromatic nitrogens is 3. The molecule has 1 amide bonds. The van der Waals surface area contributed by atoms with E-state index >= 15 is 0 Å². The molecule has 3 heterocycles. The topological polar surface area (TPSA) is 87.5 Å². The van der Waals surface area contributed by atoms with Gasteiger partial charge in [0.2, 0.25) is 12.7 Å². The zero-order valence-electron chi connectivity index (χ0n) is 16.7. The Balaban J connectivity index is 1.17. The summed E-state index contributed by atoms with van der Waals surface area (Å²) in [5, 5.41) is 8.70. The molecule has 0 unspecified atom stereocenters. The highest BCUT2D eigenvalue weighted by atomic mass is 32.1. The van der Waals surface area contributed by atoms with Gasteiger partial charge in [0.25, 0.3) is 5.91 Å². The maximum atomic E-state index is 13.8. The minimum Gasteiger partial charge on any atom is -0.489 e. The summed E-state index contributed by atoms with van der Waals surface area (Å²) in [4.78, 5) is 17.1. The molecule has 2 aromatic heterocycles. The highest BCUT2D eigenvalue weighted by Crippen LogP contribution is 2.35. The molecule has 0 radical (unpaired) electrons. The van der Waals surface area contributed by atoms with E-state index in [9.17, 15) is 9.18 Å². The Morgan fingerprint density at radius 1 is 1.19 bits per heavy atom. The number of fused-ring (bicyclic) bond motifs is 1. The molecule has 0 atom stereocenters. The van der Waals surface area contributed by atoms with Crippen LogP contribution in [0.25, 0.3) is 0 Å². The number of hydrogen-bond acceptors (Lipinski definition) is 7. The Kier molecular flexibility index (Phi) is 5.42. The lowest BCUT2D eigenvalue weighted by atomic mass is 10.2. The predicted molar refractivity (Wildman–Crippen MR) is 115 cm³/mol. The molecule has 1 N–H and O–H groups in total. The third kappa shape index (κ3) is 4.40. The van der Waals surface area contributed by atoms with Gasteiger partial charge >= 0.3 is 0 Å².